The third kappa shape index (κ3) is 9.49. The van der Waals surface area contributed by atoms with Gasteiger partial charge in [0.25, 0.3) is 0 Å². The first-order valence-electron chi connectivity index (χ1n) is 29.3. The monoisotopic (exact) mass is 1280 g/mol. The number of fused-ring (bicyclic) bond motifs is 7. The molecule has 0 bridgehead atoms. The van der Waals surface area contributed by atoms with Crippen molar-refractivity contribution < 1.29 is 25.8 Å². The Kier molecular flexibility index (Phi) is 13.7. The number of aromatic nitrogens is 2. The molecule has 0 spiro atoms. The van der Waals surface area contributed by atoms with Crippen molar-refractivity contribution in [1.82, 2.24) is 9.55 Å². The maximum Gasteiger partial charge on any atom is 0.135 e. The van der Waals surface area contributed by atoms with Crippen LogP contribution in [0.15, 0.2) is 237 Å². The summed E-state index contributed by atoms with van der Waals surface area (Å²) in [6.07, 6.45) is 2.00. The Morgan fingerprint density at radius 2 is 0.965 bits per heavy atom. The fourth-order valence-electron chi connectivity index (χ4n) is 12.9. The Morgan fingerprint density at radius 3 is 1.58 bits per heavy atom. The van der Waals surface area contributed by atoms with Gasteiger partial charge in [0.1, 0.15) is 5.82 Å². The molecule has 1 aliphatic carbocycles. The van der Waals surface area contributed by atoms with Crippen LogP contribution in [0.25, 0.3) is 61.0 Å². The quantitative estimate of drug-likeness (QED) is 0.135. The number of anilines is 4. The Morgan fingerprint density at radius 1 is 0.435 bits per heavy atom. The van der Waals surface area contributed by atoms with E-state index in [2.05, 4.69) is 308 Å². The van der Waals surface area contributed by atoms with Gasteiger partial charge in [0.15, 0.2) is 0 Å². The van der Waals surface area contributed by atoms with Crippen LogP contribution in [0.3, 0.4) is 0 Å². The van der Waals surface area contributed by atoms with Gasteiger partial charge in [-0.15, -0.1) is 48.1 Å². The Hall–Kier alpha value is -8.76. The fraction of sp³-hybridized carbons (Fsp3) is 0.165. The van der Waals surface area contributed by atoms with E-state index in [1.54, 1.807) is 0 Å². The summed E-state index contributed by atoms with van der Waals surface area (Å²) in [4.78, 5) is 9.85. The molecule has 14 rings (SSSR count). The van der Waals surface area contributed by atoms with Crippen molar-refractivity contribution in [2.45, 2.75) is 84.0 Å². The second-order valence-corrected chi connectivity index (χ2v) is 25.7. The molecule has 0 amide bonds. The van der Waals surface area contributed by atoms with Crippen LogP contribution in [0, 0.1) is 18.8 Å². The summed E-state index contributed by atoms with van der Waals surface area (Å²) in [7, 11) is 0. The average molecular weight is 1280 g/mol. The summed E-state index contributed by atoms with van der Waals surface area (Å²) < 4.78 is 9.17. The summed E-state index contributed by atoms with van der Waals surface area (Å²) in [5.41, 5.74) is 21.0. The van der Waals surface area contributed by atoms with Gasteiger partial charge in [-0.1, -0.05) is 226 Å². The van der Waals surface area contributed by atoms with Crippen molar-refractivity contribution in [3.63, 3.8) is 0 Å². The van der Waals surface area contributed by atoms with Crippen LogP contribution in [-0.2, 0) is 42.7 Å². The third-order valence-corrected chi connectivity index (χ3v) is 17.3. The van der Waals surface area contributed by atoms with Gasteiger partial charge in [0, 0.05) is 72.5 Å². The van der Waals surface area contributed by atoms with E-state index in [1.165, 1.54) is 44.5 Å². The fourth-order valence-corrected chi connectivity index (χ4v) is 12.9. The van der Waals surface area contributed by atoms with E-state index in [1.807, 2.05) is 24.4 Å². The number of pyridine rings is 1. The number of ether oxygens (including phenoxy) is 1. The molecule has 6 heteroatoms. The molecule has 0 unspecified atom stereocenters. The summed E-state index contributed by atoms with van der Waals surface area (Å²) >= 11 is 0. The molecule has 0 atom stereocenters. The average Bonchev–Trinajstić information content (AvgIpc) is 2.56. The standard InChI is InChI=1S/C79H67N4O.Pt/c1-76(2,3)55-43-56(77(4,5)6)45-58(44-55)79(68-34-19-16-31-62(68)63-32-17-20-35-69(63)79)54-41-42-80-74(48-54)83-70-36-21-18-33-64(70)65-40-39-61(50-73(65)83)84-60-30-24-29-59(49-60)81-51-82(72-38-23-22-37-71(72)81)75-66(52-25-12-10-13-26-52)46-57(78(7,8)9)47-67(75)53-27-14-11-15-28-53;/h10-48,51H,1-9H3;/q-3;. The molecule has 0 fully saturated rings. The van der Waals surface area contributed by atoms with Crippen LogP contribution < -0.4 is 14.5 Å². The van der Waals surface area contributed by atoms with Crippen LogP contribution in [0.1, 0.15) is 101 Å². The van der Waals surface area contributed by atoms with Crippen LogP contribution in [-0.4, -0.2) is 9.55 Å². The van der Waals surface area contributed by atoms with Crippen LogP contribution in [0.5, 0.6) is 11.5 Å². The van der Waals surface area contributed by atoms with E-state index < -0.39 is 5.41 Å². The zero-order valence-corrected chi connectivity index (χ0v) is 51.9. The number of benzene rings is 10. The van der Waals surface area contributed by atoms with E-state index in [-0.39, 0.29) is 37.3 Å². The SMILES string of the molecule is CC(C)(C)c1cc(C(C)(C)C)cc(C2(c3ccnc(-n4c5[c-]c(Oc6[c-]c(N7[CH-]N(c8c(-c9ccccc9)cc(C(C)(C)C)cc8-c8ccccc8)c8ccccc87)ccc6)ccc5c5ccccc54)c3)c3ccccc3-c3ccccc32)c1.[Pt]. The molecule has 0 radical (unpaired) electrons. The molecular weight excluding hydrogens is 1220 g/mol. The molecule has 422 valence electrons. The topological polar surface area (TPSA) is 33.5 Å². The second-order valence-electron chi connectivity index (χ2n) is 25.7. The molecule has 12 aromatic rings. The molecule has 2 aromatic heterocycles. The molecule has 85 heavy (non-hydrogen) atoms. The molecule has 3 heterocycles. The minimum atomic E-state index is -0.653. The van der Waals surface area contributed by atoms with E-state index in [4.69, 9.17) is 9.72 Å². The largest absolute Gasteiger partial charge is 0.509 e. The maximum absolute atomic E-state index is 6.91. The van der Waals surface area contributed by atoms with Gasteiger partial charge in [-0.3, -0.25) is 0 Å². The predicted molar refractivity (Wildman–Crippen MR) is 349 cm³/mol. The molecule has 5 nitrogen and oxygen atoms in total. The van der Waals surface area contributed by atoms with Gasteiger partial charge < -0.3 is 19.1 Å². The smallest absolute Gasteiger partial charge is 0.135 e. The predicted octanol–water partition coefficient (Wildman–Crippen LogP) is 20.6. The van der Waals surface area contributed by atoms with E-state index >= 15 is 0 Å². The van der Waals surface area contributed by atoms with Crippen molar-refractivity contribution in [3.8, 4) is 50.7 Å². The third-order valence-electron chi connectivity index (χ3n) is 17.3. The zero-order valence-electron chi connectivity index (χ0n) is 49.6. The summed E-state index contributed by atoms with van der Waals surface area (Å²) in [6.45, 7) is 23.0. The minimum absolute atomic E-state index is 0. The number of hydrogen-bond donors (Lipinski definition) is 0. The van der Waals surface area contributed by atoms with Gasteiger partial charge in [0.05, 0.1) is 5.41 Å². The van der Waals surface area contributed by atoms with Gasteiger partial charge >= 0.3 is 0 Å². The normalized spacial score (nSPS) is 13.6. The summed E-state index contributed by atoms with van der Waals surface area (Å²) in [5.74, 6) is 1.95. The Labute approximate surface area is 515 Å². The number of hydrogen-bond acceptors (Lipinski definition) is 4. The van der Waals surface area contributed by atoms with Crippen LogP contribution in [0.2, 0.25) is 0 Å². The number of nitrogens with zero attached hydrogens (tertiary/aromatic N) is 4. The van der Waals surface area contributed by atoms with Crippen molar-refractivity contribution in [2.24, 2.45) is 0 Å². The first-order valence-corrected chi connectivity index (χ1v) is 29.3. The molecule has 0 saturated heterocycles. The molecular formula is C79H67N4OPt-3. The minimum Gasteiger partial charge on any atom is -0.509 e. The Bertz CT molecular complexity index is 4380. The molecule has 10 aromatic carbocycles. The molecule has 0 N–H and O–H groups in total. The molecule has 1 aliphatic heterocycles. The van der Waals surface area contributed by atoms with Crippen molar-refractivity contribution in [2.75, 3.05) is 9.80 Å². The van der Waals surface area contributed by atoms with Crippen molar-refractivity contribution >= 4 is 44.6 Å². The Balaban J connectivity index is 0.00000672. The van der Waals surface area contributed by atoms with E-state index in [0.717, 1.165) is 78.2 Å². The maximum atomic E-state index is 6.91. The first kappa shape index (κ1) is 55.4. The molecule has 2 aliphatic rings. The number of rotatable bonds is 9. The van der Waals surface area contributed by atoms with E-state index in [9.17, 15) is 0 Å². The van der Waals surface area contributed by atoms with Crippen molar-refractivity contribution in [3.05, 3.63) is 294 Å². The van der Waals surface area contributed by atoms with Gasteiger partial charge in [-0.2, -0.15) is 12.1 Å². The first-order chi connectivity index (χ1) is 40.5. The summed E-state index contributed by atoms with van der Waals surface area (Å²) in [6, 6.07) is 91.3. The van der Waals surface area contributed by atoms with Crippen LogP contribution in [0.4, 0.5) is 22.7 Å². The second kappa shape index (κ2) is 21.1. The van der Waals surface area contributed by atoms with Gasteiger partial charge in [-0.25, -0.2) is 4.98 Å². The van der Waals surface area contributed by atoms with Gasteiger partial charge in [0.2, 0.25) is 0 Å². The zero-order chi connectivity index (χ0) is 57.7. The molecule has 0 saturated carbocycles. The van der Waals surface area contributed by atoms with Gasteiger partial charge in [-0.05, 0) is 125 Å². The number of para-hydroxylation sites is 3. The van der Waals surface area contributed by atoms with Crippen LogP contribution >= 0.6 is 0 Å². The summed E-state index contributed by atoms with van der Waals surface area (Å²) in [5, 5.41) is 2.17. The van der Waals surface area contributed by atoms with Crippen molar-refractivity contribution in [1.29, 1.82) is 0 Å². The van der Waals surface area contributed by atoms with E-state index in [0.29, 0.717) is 11.5 Å².